The third kappa shape index (κ3) is 3.44. The third-order valence-electron chi connectivity index (χ3n) is 4.30. The van der Waals surface area contributed by atoms with Gasteiger partial charge in [-0.25, -0.2) is 8.42 Å². The Morgan fingerprint density at radius 3 is 2.38 bits per heavy atom. The minimum atomic E-state index is -3.83. The molecule has 6 nitrogen and oxygen atoms in total. The van der Waals surface area contributed by atoms with Crippen LogP contribution >= 0.6 is 0 Å². The van der Waals surface area contributed by atoms with Crippen LogP contribution in [0.25, 0.3) is 10.8 Å². The molecular weight excluding hydrogens is 352 g/mol. The molecule has 0 bridgehead atoms. The lowest BCUT2D eigenvalue weighted by molar-refractivity contribution is -0.385. The van der Waals surface area contributed by atoms with E-state index in [0.29, 0.717) is 5.56 Å². The molecule has 3 aromatic carbocycles. The van der Waals surface area contributed by atoms with Crippen molar-refractivity contribution in [1.82, 2.24) is 4.31 Å². The Morgan fingerprint density at radius 1 is 1.00 bits per heavy atom. The van der Waals surface area contributed by atoms with Crippen LogP contribution in [0.4, 0.5) is 5.69 Å². The van der Waals surface area contributed by atoms with Crippen LogP contribution in [0, 0.1) is 17.0 Å². The van der Waals surface area contributed by atoms with E-state index >= 15 is 0 Å². The van der Waals surface area contributed by atoms with Gasteiger partial charge in [0.1, 0.15) is 0 Å². The van der Waals surface area contributed by atoms with Gasteiger partial charge in [0.05, 0.1) is 9.82 Å². The second kappa shape index (κ2) is 6.86. The zero-order chi connectivity index (χ0) is 18.9. The van der Waals surface area contributed by atoms with Crippen LogP contribution in [0.15, 0.2) is 65.6 Å². The molecule has 0 saturated carbocycles. The number of sulfonamides is 1. The van der Waals surface area contributed by atoms with Crippen molar-refractivity contribution in [1.29, 1.82) is 0 Å². The first kappa shape index (κ1) is 18.0. The smallest absolute Gasteiger partial charge is 0.258 e. The van der Waals surface area contributed by atoms with E-state index in [0.717, 1.165) is 22.4 Å². The van der Waals surface area contributed by atoms with Crippen LogP contribution < -0.4 is 0 Å². The van der Waals surface area contributed by atoms with Gasteiger partial charge in [0.15, 0.2) is 0 Å². The van der Waals surface area contributed by atoms with Crippen molar-refractivity contribution in [3.05, 3.63) is 81.9 Å². The maximum absolute atomic E-state index is 12.8. The van der Waals surface area contributed by atoms with Crippen molar-refractivity contribution >= 4 is 26.5 Å². The number of fused-ring (bicyclic) bond motifs is 1. The summed E-state index contributed by atoms with van der Waals surface area (Å²) in [5.41, 5.74) is 1.06. The van der Waals surface area contributed by atoms with Crippen LogP contribution in [0.3, 0.4) is 0 Å². The number of hydrogen-bond acceptors (Lipinski definition) is 4. The molecule has 3 aromatic rings. The molecule has 0 aromatic heterocycles. The number of rotatable bonds is 5. The molecule has 134 valence electrons. The maximum atomic E-state index is 12.8. The standard InChI is InChI=1S/C19H18N2O4S/c1-14-7-10-18(12-19(14)21(22)23)26(24,25)20(2)13-15-8-9-16-5-3-4-6-17(16)11-15/h3-12H,13H2,1-2H3. The minimum absolute atomic E-state index is 0.0851. The van der Waals surface area contributed by atoms with Crippen molar-refractivity contribution < 1.29 is 13.3 Å². The van der Waals surface area contributed by atoms with E-state index in [4.69, 9.17) is 0 Å². The van der Waals surface area contributed by atoms with Gasteiger partial charge in [-0.05, 0) is 35.4 Å². The molecule has 0 saturated heterocycles. The van der Waals surface area contributed by atoms with Crippen molar-refractivity contribution in [2.75, 3.05) is 7.05 Å². The lowest BCUT2D eigenvalue weighted by Crippen LogP contribution is -2.26. The molecule has 0 aliphatic carbocycles. The molecule has 0 heterocycles. The molecule has 26 heavy (non-hydrogen) atoms. The van der Waals surface area contributed by atoms with Crippen molar-refractivity contribution in [3.63, 3.8) is 0 Å². The van der Waals surface area contributed by atoms with Crippen molar-refractivity contribution in [2.45, 2.75) is 18.4 Å². The second-order valence-electron chi connectivity index (χ2n) is 6.15. The average Bonchev–Trinajstić information content (AvgIpc) is 2.61. The summed E-state index contributed by atoms with van der Waals surface area (Å²) in [7, 11) is -2.37. The highest BCUT2D eigenvalue weighted by Gasteiger charge is 2.24. The molecule has 0 spiro atoms. The Morgan fingerprint density at radius 2 is 1.69 bits per heavy atom. The third-order valence-corrected chi connectivity index (χ3v) is 6.10. The van der Waals surface area contributed by atoms with E-state index < -0.39 is 14.9 Å². The predicted molar refractivity (Wildman–Crippen MR) is 100 cm³/mol. The molecule has 0 atom stereocenters. The highest BCUT2D eigenvalue weighted by Crippen LogP contribution is 2.25. The number of nitrogens with zero attached hydrogens (tertiary/aromatic N) is 2. The van der Waals surface area contributed by atoms with E-state index in [9.17, 15) is 18.5 Å². The van der Waals surface area contributed by atoms with Gasteiger partial charge in [-0.15, -0.1) is 0 Å². The fraction of sp³-hybridized carbons (Fsp3) is 0.158. The molecule has 0 N–H and O–H groups in total. The van der Waals surface area contributed by atoms with Crippen LogP contribution in [0.2, 0.25) is 0 Å². The zero-order valence-electron chi connectivity index (χ0n) is 14.4. The largest absolute Gasteiger partial charge is 0.273 e. The van der Waals surface area contributed by atoms with E-state index in [1.54, 1.807) is 6.92 Å². The van der Waals surface area contributed by atoms with Gasteiger partial charge in [0, 0.05) is 25.2 Å². The van der Waals surface area contributed by atoms with Gasteiger partial charge in [-0.3, -0.25) is 10.1 Å². The molecule has 0 aliphatic heterocycles. The summed E-state index contributed by atoms with van der Waals surface area (Å²) >= 11 is 0. The van der Waals surface area contributed by atoms with Crippen LogP contribution in [-0.2, 0) is 16.6 Å². The Balaban J connectivity index is 1.91. The molecule has 0 aliphatic rings. The molecule has 0 amide bonds. The van der Waals surface area contributed by atoms with E-state index in [1.165, 1.54) is 23.5 Å². The Hall–Kier alpha value is -2.77. The average molecular weight is 370 g/mol. The normalized spacial score (nSPS) is 11.8. The van der Waals surface area contributed by atoms with E-state index in [2.05, 4.69) is 0 Å². The minimum Gasteiger partial charge on any atom is -0.258 e. The molecule has 0 radical (unpaired) electrons. The summed E-state index contributed by atoms with van der Waals surface area (Å²) < 4.78 is 26.8. The molecule has 3 rings (SSSR count). The first-order chi connectivity index (χ1) is 12.3. The first-order valence-corrected chi connectivity index (χ1v) is 9.42. The van der Waals surface area contributed by atoms with Crippen molar-refractivity contribution in [2.24, 2.45) is 0 Å². The van der Waals surface area contributed by atoms with Gasteiger partial charge in [0.25, 0.3) is 5.69 Å². The summed E-state index contributed by atoms with van der Waals surface area (Å²) in [5.74, 6) is 0. The highest BCUT2D eigenvalue weighted by molar-refractivity contribution is 7.89. The van der Waals surface area contributed by atoms with Gasteiger partial charge in [-0.2, -0.15) is 4.31 Å². The lowest BCUT2D eigenvalue weighted by Gasteiger charge is -2.18. The van der Waals surface area contributed by atoms with E-state index in [1.807, 2.05) is 42.5 Å². The topological polar surface area (TPSA) is 80.5 Å². The van der Waals surface area contributed by atoms with Gasteiger partial charge >= 0.3 is 0 Å². The quantitative estimate of drug-likeness (QED) is 0.504. The zero-order valence-corrected chi connectivity index (χ0v) is 15.2. The fourth-order valence-corrected chi connectivity index (χ4v) is 3.99. The molecule has 7 heteroatoms. The number of nitro groups is 1. The van der Waals surface area contributed by atoms with Crippen LogP contribution in [-0.4, -0.2) is 24.7 Å². The number of hydrogen-bond donors (Lipinski definition) is 0. The van der Waals surface area contributed by atoms with Crippen LogP contribution in [0.5, 0.6) is 0 Å². The van der Waals surface area contributed by atoms with Crippen molar-refractivity contribution in [3.8, 4) is 0 Å². The predicted octanol–water partition coefficient (Wildman–Crippen LogP) is 3.88. The number of benzene rings is 3. The fourth-order valence-electron chi connectivity index (χ4n) is 2.81. The molecule has 0 unspecified atom stereocenters. The summed E-state index contributed by atoms with van der Waals surface area (Å²) in [6.45, 7) is 1.75. The number of nitro benzene ring substituents is 1. The second-order valence-corrected chi connectivity index (χ2v) is 8.19. The summed E-state index contributed by atoms with van der Waals surface area (Å²) in [6, 6.07) is 17.6. The molecular formula is C19H18N2O4S. The highest BCUT2D eigenvalue weighted by atomic mass is 32.2. The summed E-state index contributed by atoms with van der Waals surface area (Å²) in [4.78, 5) is 10.4. The molecule has 0 fully saturated rings. The van der Waals surface area contributed by atoms with Gasteiger partial charge < -0.3 is 0 Å². The van der Waals surface area contributed by atoms with E-state index in [-0.39, 0.29) is 17.1 Å². The lowest BCUT2D eigenvalue weighted by atomic mass is 10.1. The van der Waals surface area contributed by atoms with Gasteiger partial charge in [-0.1, -0.05) is 42.5 Å². The Labute approximate surface area is 151 Å². The summed E-state index contributed by atoms with van der Waals surface area (Å²) in [5, 5.41) is 13.2. The summed E-state index contributed by atoms with van der Waals surface area (Å²) in [6.07, 6.45) is 0. The SMILES string of the molecule is Cc1ccc(S(=O)(=O)N(C)Cc2ccc3ccccc3c2)cc1[N+](=O)[O-]. The van der Waals surface area contributed by atoms with Crippen LogP contribution in [0.1, 0.15) is 11.1 Å². The number of aryl methyl sites for hydroxylation is 1. The maximum Gasteiger partial charge on any atom is 0.273 e. The Bertz CT molecular complexity index is 1090. The monoisotopic (exact) mass is 370 g/mol. The Kier molecular flexibility index (Phi) is 4.76. The van der Waals surface area contributed by atoms with Gasteiger partial charge in [0.2, 0.25) is 10.0 Å². The first-order valence-electron chi connectivity index (χ1n) is 7.98.